The van der Waals surface area contributed by atoms with Crippen molar-refractivity contribution >= 4 is 78.2 Å². The van der Waals surface area contributed by atoms with Crippen molar-refractivity contribution in [2.75, 3.05) is 13.2 Å². The molecule has 4 aromatic carbocycles. The van der Waals surface area contributed by atoms with Gasteiger partial charge in [-0.25, -0.2) is 9.97 Å². The van der Waals surface area contributed by atoms with Gasteiger partial charge in [0.25, 0.3) is 0 Å². The van der Waals surface area contributed by atoms with E-state index in [0.717, 1.165) is 76.1 Å². The Balaban J connectivity index is 1.15. The van der Waals surface area contributed by atoms with Crippen molar-refractivity contribution in [2.24, 2.45) is 0 Å². The number of fused-ring (bicyclic) bond motifs is 4. The maximum Gasteiger partial charge on any atom is 0.195 e. The molecule has 2 aromatic heterocycles. The molecule has 0 bridgehead atoms. The minimum atomic E-state index is -0.152. The van der Waals surface area contributed by atoms with Crippen LogP contribution in [0, 0.1) is 0 Å². The lowest BCUT2D eigenvalue weighted by Gasteiger charge is -2.21. The fraction of sp³-hybridized carbons (Fsp3) is 0.222. The monoisotopic (exact) mass is 682 g/mol. The number of carbonyl (C=O) groups is 2. The highest BCUT2D eigenvalue weighted by molar-refractivity contribution is 8.01. The molecule has 232 valence electrons. The summed E-state index contributed by atoms with van der Waals surface area (Å²) in [7, 11) is 0. The van der Waals surface area contributed by atoms with E-state index < -0.39 is 0 Å². The highest BCUT2D eigenvalue weighted by Crippen LogP contribution is 2.44. The first-order chi connectivity index (χ1) is 22.5. The van der Waals surface area contributed by atoms with Gasteiger partial charge in [-0.1, -0.05) is 74.5 Å². The van der Waals surface area contributed by atoms with Crippen molar-refractivity contribution < 1.29 is 19.1 Å². The molecule has 0 spiro atoms. The third-order valence-corrected chi connectivity index (χ3v) is 11.9. The van der Waals surface area contributed by atoms with Crippen LogP contribution in [0.15, 0.2) is 91.3 Å². The third-order valence-electron chi connectivity index (χ3n) is 7.60. The molecule has 0 N–H and O–H groups in total. The van der Waals surface area contributed by atoms with Gasteiger partial charge in [0.1, 0.15) is 11.5 Å². The van der Waals surface area contributed by atoms with Gasteiger partial charge >= 0.3 is 0 Å². The summed E-state index contributed by atoms with van der Waals surface area (Å²) in [6, 6.07) is 22.9. The van der Waals surface area contributed by atoms with Gasteiger partial charge in [-0.2, -0.15) is 0 Å². The molecule has 1 aliphatic carbocycles. The first-order valence-electron chi connectivity index (χ1n) is 15.3. The Morgan fingerprint density at radius 3 is 1.52 bits per heavy atom. The van der Waals surface area contributed by atoms with Crippen molar-refractivity contribution in [1.29, 1.82) is 0 Å². The Hall–Kier alpha value is -3.70. The largest absolute Gasteiger partial charge is 0.494 e. The molecule has 46 heavy (non-hydrogen) atoms. The average molecular weight is 683 g/mol. The lowest BCUT2D eigenvalue weighted by atomic mass is 9.84. The number of carbonyl (C=O) groups excluding carboxylic acids is 2. The fourth-order valence-electron chi connectivity index (χ4n) is 5.24. The number of thiazole rings is 2. The van der Waals surface area contributed by atoms with Crippen molar-refractivity contribution in [2.45, 2.75) is 58.0 Å². The van der Waals surface area contributed by atoms with Crippen LogP contribution in [-0.4, -0.2) is 34.7 Å². The van der Waals surface area contributed by atoms with E-state index in [4.69, 9.17) is 19.4 Å². The fourth-order valence-corrected chi connectivity index (χ4v) is 9.58. The molecule has 0 unspecified atom stereocenters. The van der Waals surface area contributed by atoms with E-state index in [9.17, 15) is 9.59 Å². The number of benzene rings is 4. The molecule has 0 atom stereocenters. The lowest BCUT2D eigenvalue weighted by Crippen LogP contribution is -2.22. The molecule has 7 rings (SSSR count). The predicted molar refractivity (Wildman–Crippen MR) is 188 cm³/mol. The Labute approximate surface area is 283 Å². The van der Waals surface area contributed by atoms with Gasteiger partial charge in [0.2, 0.25) is 0 Å². The molecule has 0 saturated carbocycles. The molecule has 6 nitrogen and oxygen atoms in total. The van der Waals surface area contributed by atoms with E-state index in [-0.39, 0.29) is 11.6 Å². The Morgan fingerprint density at radius 1 is 0.630 bits per heavy atom. The zero-order valence-electron chi connectivity index (χ0n) is 25.3. The van der Waals surface area contributed by atoms with Crippen molar-refractivity contribution in [3.63, 3.8) is 0 Å². The second-order valence-electron chi connectivity index (χ2n) is 10.8. The molecule has 10 heteroatoms. The second kappa shape index (κ2) is 13.6. The molecular formula is C36H30N2O4S4. The summed E-state index contributed by atoms with van der Waals surface area (Å²) in [6.07, 6.45) is 4.16. The van der Waals surface area contributed by atoms with Crippen LogP contribution in [0.4, 0.5) is 0 Å². The maximum atomic E-state index is 14.1. The van der Waals surface area contributed by atoms with Crippen LogP contribution in [0.25, 0.3) is 20.4 Å². The minimum absolute atomic E-state index is 0.152. The number of unbranched alkanes of at least 4 members (excludes halogenated alkanes) is 2. The summed E-state index contributed by atoms with van der Waals surface area (Å²) in [5.41, 5.74) is 3.42. The summed E-state index contributed by atoms with van der Waals surface area (Å²) in [4.78, 5) is 39.2. The van der Waals surface area contributed by atoms with Gasteiger partial charge in [-0.3, -0.25) is 9.59 Å². The normalized spacial score (nSPS) is 12.5. The molecule has 6 aromatic rings. The van der Waals surface area contributed by atoms with E-state index >= 15 is 0 Å². The number of aromatic nitrogens is 2. The maximum absolute atomic E-state index is 14.1. The van der Waals surface area contributed by atoms with Crippen LogP contribution in [0.2, 0.25) is 0 Å². The molecule has 1 aliphatic rings. The highest BCUT2D eigenvalue weighted by Gasteiger charge is 2.34. The molecule has 2 heterocycles. The standard InChI is InChI=1S/C36H30N2O4S4/c1-3-5-17-41-21-13-15-27-25(19-21)37-35(43-27)45-29-11-7-9-23-31(29)33(39)24-10-8-12-30(32(24)34(23)40)46-36-38-26-20-22(42-18-6-4-2)14-16-28(26)44-36/h7-16,19-20H,3-6,17-18H2,1-2H3. The van der Waals surface area contributed by atoms with Gasteiger partial charge in [-0.15, -0.1) is 22.7 Å². The van der Waals surface area contributed by atoms with Crippen molar-refractivity contribution in [3.05, 3.63) is 95.1 Å². The first-order valence-corrected chi connectivity index (χ1v) is 18.6. The predicted octanol–water partition coefficient (Wildman–Crippen LogP) is 10.3. The zero-order chi connectivity index (χ0) is 31.6. The highest BCUT2D eigenvalue weighted by atomic mass is 32.2. The molecule has 0 radical (unpaired) electrons. The second-order valence-corrected chi connectivity index (χ2v) is 15.5. The van der Waals surface area contributed by atoms with Crippen molar-refractivity contribution in [1.82, 2.24) is 9.97 Å². The first kappa shape index (κ1) is 30.9. The van der Waals surface area contributed by atoms with Gasteiger partial charge < -0.3 is 9.47 Å². The van der Waals surface area contributed by atoms with E-state index in [0.29, 0.717) is 35.5 Å². The van der Waals surface area contributed by atoms with Crippen LogP contribution in [0.1, 0.15) is 71.4 Å². The number of nitrogens with zero attached hydrogens (tertiary/aromatic N) is 2. The Bertz CT molecular complexity index is 1950. The average Bonchev–Trinajstić information content (AvgIpc) is 3.66. The third kappa shape index (κ3) is 6.19. The number of ketones is 2. The summed E-state index contributed by atoms with van der Waals surface area (Å²) in [5.74, 6) is 1.30. The zero-order valence-corrected chi connectivity index (χ0v) is 28.6. The van der Waals surface area contributed by atoms with Crippen LogP contribution in [0.5, 0.6) is 11.5 Å². The molecular weight excluding hydrogens is 653 g/mol. The van der Waals surface area contributed by atoms with Gasteiger partial charge in [0, 0.05) is 44.2 Å². The molecule has 0 aliphatic heterocycles. The quantitative estimate of drug-likeness (QED) is 0.118. The summed E-state index contributed by atoms with van der Waals surface area (Å²) < 4.78 is 15.4. The van der Waals surface area contributed by atoms with Crippen LogP contribution >= 0.6 is 46.2 Å². The number of rotatable bonds is 12. The molecule has 0 amide bonds. The molecule has 0 fully saturated rings. The van der Waals surface area contributed by atoms with Gasteiger partial charge in [0.05, 0.1) is 33.6 Å². The number of ether oxygens (including phenoxy) is 2. The van der Waals surface area contributed by atoms with Crippen LogP contribution < -0.4 is 9.47 Å². The molecule has 0 saturated heterocycles. The summed E-state index contributed by atoms with van der Waals surface area (Å²) in [6.45, 7) is 5.63. The van der Waals surface area contributed by atoms with Gasteiger partial charge in [-0.05, 0) is 49.2 Å². The van der Waals surface area contributed by atoms with E-state index in [2.05, 4.69) is 13.8 Å². The minimum Gasteiger partial charge on any atom is -0.494 e. The van der Waals surface area contributed by atoms with Gasteiger partial charge in [0.15, 0.2) is 20.2 Å². The lowest BCUT2D eigenvalue weighted by molar-refractivity contribution is 0.0974. The Kier molecular flexibility index (Phi) is 9.13. The van der Waals surface area contributed by atoms with E-state index in [1.54, 1.807) is 34.8 Å². The summed E-state index contributed by atoms with van der Waals surface area (Å²) >= 11 is 5.97. The summed E-state index contributed by atoms with van der Waals surface area (Å²) in [5, 5.41) is 0. The van der Waals surface area contributed by atoms with Crippen LogP contribution in [0.3, 0.4) is 0 Å². The van der Waals surface area contributed by atoms with Crippen LogP contribution in [-0.2, 0) is 0 Å². The van der Waals surface area contributed by atoms with E-state index in [1.807, 2.05) is 60.7 Å². The van der Waals surface area contributed by atoms with E-state index in [1.165, 1.54) is 23.5 Å². The number of hydrogen-bond donors (Lipinski definition) is 0. The smallest absolute Gasteiger partial charge is 0.195 e. The number of hydrogen-bond acceptors (Lipinski definition) is 10. The van der Waals surface area contributed by atoms with Crippen molar-refractivity contribution in [3.8, 4) is 11.5 Å². The topological polar surface area (TPSA) is 78.4 Å². The SMILES string of the molecule is CCCCOc1ccc2sc(Sc3cccc4c3C(=O)c3cccc(Sc5nc6cc(OCCCC)ccc6s5)c3C4=O)nc2c1. The Morgan fingerprint density at radius 2 is 1.09 bits per heavy atom.